The van der Waals surface area contributed by atoms with Gasteiger partial charge >= 0.3 is 0 Å². The maximum Gasteiger partial charge on any atom is 0.201 e. The van der Waals surface area contributed by atoms with Gasteiger partial charge in [0.1, 0.15) is 5.75 Å². The zero-order valence-electron chi connectivity index (χ0n) is 10.3. The summed E-state index contributed by atoms with van der Waals surface area (Å²) in [6.45, 7) is 2.68. The van der Waals surface area contributed by atoms with Crippen LogP contribution in [0.2, 0.25) is 0 Å². The molecule has 2 aromatic rings. The average Bonchev–Trinajstić information content (AvgIpc) is 2.64. The van der Waals surface area contributed by atoms with Crippen LogP contribution in [0.1, 0.15) is 6.92 Å². The second-order valence-electron chi connectivity index (χ2n) is 3.98. The van der Waals surface area contributed by atoms with Gasteiger partial charge < -0.3 is 19.8 Å². The Hall–Kier alpha value is -1.75. The average molecular weight is 235 g/mol. The Morgan fingerprint density at radius 2 is 2.18 bits per heavy atom. The van der Waals surface area contributed by atoms with E-state index in [1.165, 1.54) is 0 Å². The fraction of sp³-hybridized carbons (Fsp3) is 0.417. The van der Waals surface area contributed by atoms with Gasteiger partial charge in [-0.3, -0.25) is 0 Å². The molecular formula is C12H17N3O2. The van der Waals surface area contributed by atoms with E-state index in [0.29, 0.717) is 12.5 Å². The number of hydrogen-bond donors (Lipinski definition) is 1. The zero-order chi connectivity index (χ0) is 12.4. The normalized spacial score (nSPS) is 12.9. The maximum absolute atomic E-state index is 5.90. The first kappa shape index (κ1) is 11.7. The second kappa shape index (κ2) is 4.63. The quantitative estimate of drug-likeness (QED) is 0.875. The summed E-state index contributed by atoms with van der Waals surface area (Å²) >= 11 is 0. The maximum atomic E-state index is 5.90. The van der Waals surface area contributed by atoms with Crippen LogP contribution in [-0.2, 0) is 11.3 Å². The largest absolute Gasteiger partial charge is 0.497 e. The third-order valence-corrected chi connectivity index (χ3v) is 2.83. The van der Waals surface area contributed by atoms with Crippen molar-refractivity contribution in [1.29, 1.82) is 0 Å². The molecule has 0 aliphatic carbocycles. The molecule has 0 aliphatic heterocycles. The van der Waals surface area contributed by atoms with E-state index in [1.54, 1.807) is 14.2 Å². The Morgan fingerprint density at radius 3 is 2.82 bits per heavy atom. The summed E-state index contributed by atoms with van der Waals surface area (Å²) in [6.07, 6.45) is 0.0943. The summed E-state index contributed by atoms with van der Waals surface area (Å²) in [5.74, 6) is 1.28. The molecule has 0 bridgehead atoms. The first-order chi connectivity index (χ1) is 8.15. The van der Waals surface area contributed by atoms with E-state index in [1.807, 2.05) is 29.7 Å². The molecule has 0 saturated heterocycles. The van der Waals surface area contributed by atoms with Gasteiger partial charge in [0, 0.05) is 13.2 Å². The molecule has 2 N–H and O–H groups in total. The van der Waals surface area contributed by atoms with Gasteiger partial charge in [-0.05, 0) is 19.1 Å². The molecule has 1 atom stereocenters. The molecule has 0 aliphatic rings. The van der Waals surface area contributed by atoms with Gasteiger partial charge in [0.05, 0.1) is 30.8 Å². The van der Waals surface area contributed by atoms with E-state index < -0.39 is 0 Å². The van der Waals surface area contributed by atoms with Crippen molar-refractivity contribution in [3.05, 3.63) is 18.2 Å². The predicted molar refractivity (Wildman–Crippen MR) is 67.2 cm³/mol. The van der Waals surface area contributed by atoms with Gasteiger partial charge in [-0.15, -0.1) is 0 Å². The topological polar surface area (TPSA) is 62.3 Å². The third-order valence-electron chi connectivity index (χ3n) is 2.83. The van der Waals surface area contributed by atoms with Gasteiger partial charge in [0.2, 0.25) is 5.95 Å². The Labute approximate surface area is 100 Å². The van der Waals surface area contributed by atoms with Crippen LogP contribution in [-0.4, -0.2) is 29.9 Å². The highest BCUT2D eigenvalue weighted by Crippen LogP contribution is 2.23. The highest BCUT2D eigenvalue weighted by molar-refractivity contribution is 5.79. The number of nitrogens with zero attached hydrogens (tertiary/aromatic N) is 2. The lowest BCUT2D eigenvalue weighted by Crippen LogP contribution is -2.16. The van der Waals surface area contributed by atoms with Crippen molar-refractivity contribution in [2.24, 2.45) is 0 Å². The Kier molecular flexibility index (Phi) is 3.19. The molecule has 5 heteroatoms. The highest BCUT2D eigenvalue weighted by Gasteiger charge is 2.11. The fourth-order valence-electron chi connectivity index (χ4n) is 1.78. The summed E-state index contributed by atoms with van der Waals surface area (Å²) in [6, 6.07) is 5.73. The Morgan fingerprint density at radius 1 is 1.41 bits per heavy atom. The number of benzene rings is 1. The molecule has 0 amide bonds. The van der Waals surface area contributed by atoms with Crippen molar-refractivity contribution in [3.8, 4) is 5.75 Å². The number of rotatable bonds is 4. The van der Waals surface area contributed by atoms with Crippen molar-refractivity contribution >= 4 is 17.0 Å². The SMILES string of the molecule is COc1ccc2c(c1)nc(N)n2CC(C)OC. The van der Waals surface area contributed by atoms with Crippen molar-refractivity contribution < 1.29 is 9.47 Å². The smallest absolute Gasteiger partial charge is 0.201 e. The van der Waals surface area contributed by atoms with Crippen LogP contribution in [0.4, 0.5) is 5.95 Å². The lowest BCUT2D eigenvalue weighted by atomic mass is 10.3. The molecule has 5 nitrogen and oxygen atoms in total. The molecule has 1 aromatic carbocycles. The Balaban J connectivity index is 2.45. The number of nitrogens with two attached hydrogens (primary N) is 1. The number of methoxy groups -OCH3 is 2. The molecule has 1 aromatic heterocycles. The summed E-state index contributed by atoms with van der Waals surface area (Å²) in [4.78, 5) is 4.31. The van der Waals surface area contributed by atoms with E-state index in [9.17, 15) is 0 Å². The Bertz CT molecular complexity index is 522. The van der Waals surface area contributed by atoms with E-state index in [-0.39, 0.29) is 6.10 Å². The molecule has 2 rings (SSSR count). The lowest BCUT2D eigenvalue weighted by Gasteiger charge is -2.12. The zero-order valence-corrected chi connectivity index (χ0v) is 10.3. The van der Waals surface area contributed by atoms with E-state index in [0.717, 1.165) is 16.8 Å². The van der Waals surface area contributed by atoms with Crippen LogP contribution < -0.4 is 10.5 Å². The monoisotopic (exact) mass is 235 g/mol. The molecule has 0 spiro atoms. The van der Waals surface area contributed by atoms with Crippen molar-refractivity contribution in [1.82, 2.24) is 9.55 Å². The number of ether oxygens (including phenoxy) is 2. The molecule has 1 unspecified atom stereocenters. The standard InChI is InChI=1S/C12H17N3O2/c1-8(16-2)7-15-11-5-4-9(17-3)6-10(11)14-12(15)13/h4-6,8H,7H2,1-3H3,(H2,13,14). The van der Waals surface area contributed by atoms with Gasteiger partial charge in [0.15, 0.2) is 0 Å². The van der Waals surface area contributed by atoms with Crippen LogP contribution in [0.15, 0.2) is 18.2 Å². The predicted octanol–water partition coefficient (Wildman–Crippen LogP) is 1.66. The van der Waals surface area contributed by atoms with E-state index in [4.69, 9.17) is 15.2 Å². The van der Waals surface area contributed by atoms with Gasteiger partial charge in [-0.2, -0.15) is 0 Å². The number of aromatic nitrogens is 2. The number of anilines is 1. The van der Waals surface area contributed by atoms with Crippen LogP contribution in [0, 0.1) is 0 Å². The molecule has 1 heterocycles. The number of imidazole rings is 1. The minimum Gasteiger partial charge on any atom is -0.497 e. The number of fused-ring (bicyclic) bond motifs is 1. The molecule has 0 radical (unpaired) electrons. The molecule has 17 heavy (non-hydrogen) atoms. The minimum absolute atomic E-state index is 0.0943. The van der Waals surface area contributed by atoms with Crippen molar-refractivity contribution in [2.45, 2.75) is 19.6 Å². The van der Waals surface area contributed by atoms with Crippen molar-refractivity contribution in [3.63, 3.8) is 0 Å². The molecule has 92 valence electrons. The number of nitrogen functional groups attached to an aromatic ring is 1. The highest BCUT2D eigenvalue weighted by atomic mass is 16.5. The number of hydrogen-bond acceptors (Lipinski definition) is 4. The fourth-order valence-corrected chi connectivity index (χ4v) is 1.78. The van der Waals surface area contributed by atoms with Crippen LogP contribution in [0.3, 0.4) is 0 Å². The van der Waals surface area contributed by atoms with E-state index in [2.05, 4.69) is 4.98 Å². The second-order valence-corrected chi connectivity index (χ2v) is 3.98. The van der Waals surface area contributed by atoms with Crippen LogP contribution >= 0.6 is 0 Å². The van der Waals surface area contributed by atoms with Crippen molar-refractivity contribution in [2.75, 3.05) is 20.0 Å². The summed E-state index contributed by atoms with van der Waals surface area (Å²) in [5.41, 5.74) is 7.73. The van der Waals surface area contributed by atoms with Crippen LogP contribution in [0.25, 0.3) is 11.0 Å². The molecular weight excluding hydrogens is 218 g/mol. The third kappa shape index (κ3) is 2.19. The van der Waals surface area contributed by atoms with Gasteiger partial charge in [-0.25, -0.2) is 4.98 Å². The summed E-state index contributed by atoms with van der Waals surface area (Å²) in [5, 5.41) is 0. The first-order valence-corrected chi connectivity index (χ1v) is 5.48. The van der Waals surface area contributed by atoms with E-state index >= 15 is 0 Å². The van der Waals surface area contributed by atoms with Crippen LogP contribution in [0.5, 0.6) is 5.75 Å². The lowest BCUT2D eigenvalue weighted by molar-refractivity contribution is 0.105. The molecule has 0 saturated carbocycles. The van der Waals surface area contributed by atoms with Gasteiger partial charge in [-0.1, -0.05) is 0 Å². The summed E-state index contributed by atoms with van der Waals surface area (Å²) in [7, 11) is 3.32. The minimum atomic E-state index is 0.0943. The van der Waals surface area contributed by atoms with Gasteiger partial charge in [0.25, 0.3) is 0 Å². The first-order valence-electron chi connectivity index (χ1n) is 5.48. The molecule has 0 fully saturated rings. The summed E-state index contributed by atoms with van der Waals surface area (Å²) < 4.78 is 12.3.